The van der Waals surface area contributed by atoms with Gasteiger partial charge >= 0.3 is 0 Å². The number of carbonyl (C=O) groups is 3. The van der Waals surface area contributed by atoms with Gasteiger partial charge in [-0.3, -0.25) is 24.6 Å². The van der Waals surface area contributed by atoms with Crippen LogP contribution in [0.5, 0.6) is 11.5 Å². The number of hydrogen-bond acceptors (Lipinski definition) is 9. The van der Waals surface area contributed by atoms with Gasteiger partial charge in [0.2, 0.25) is 11.8 Å². The average Bonchev–Trinajstić information content (AvgIpc) is 3.63. The number of nitrogens with one attached hydrogen (secondary N) is 2. The van der Waals surface area contributed by atoms with Crippen LogP contribution in [0.25, 0.3) is 0 Å². The monoisotopic (exact) mass is 819 g/mol. The van der Waals surface area contributed by atoms with E-state index < -0.39 is 5.60 Å². The van der Waals surface area contributed by atoms with Crippen LogP contribution in [0.3, 0.4) is 0 Å². The van der Waals surface area contributed by atoms with E-state index >= 15 is 4.39 Å². The highest BCUT2D eigenvalue weighted by atomic mass is 19.1. The standard InChI is InChI=1S/C42H47FN4O3.C5H7NO2.CH4O/c1-42(2)40(30-7-6-8-33(24-30)49-3)39(35-9-4-5-10-38(35)50-42)29-11-14-37(36(43)25-29)47-17-15-28(16-18-47)27-45-19-21-46(22-20-45)32-12-13-34-31(23-32)26-44-41(34)48;7-4-2-1-3-5(8)6-4;1-2/h4-14,23-25,28,39-40H,15-22,26-27H2,1-3H3,(H,44,48);1-3H2,(H,6,7,8);2H,1H3. The number of benzene rings is 4. The number of amides is 3. The van der Waals surface area contributed by atoms with Gasteiger partial charge < -0.3 is 29.7 Å². The molecule has 2 atom stereocenters. The Morgan fingerprint density at radius 3 is 2.23 bits per heavy atom. The highest BCUT2D eigenvalue weighted by Crippen LogP contribution is 2.53. The van der Waals surface area contributed by atoms with Crippen molar-refractivity contribution >= 4 is 29.1 Å². The summed E-state index contributed by atoms with van der Waals surface area (Å²) in [5, 5.41) is 12.1. The molecule has 0 aromatic heterocycles. The fourth-order valence-electron chi connectivity index (χ4n) is 9.55. The highest BCUT2D eigenvalue weighted by molar-refractivity contribution is 5.99. The first-order chi connectivity index (χ1) is 29.1. The first-order valence-electron chi connectivity index (χ1n) is 21.2. The van der Waals surface area contributed by atoms with Gasteiger partial charge in [0.15, 0.2) is 0 Å². The number of anilines is 2. The number of aliphatic hydroxyl groups excluding tert-OH is 1. The van der Waals surface area contributed by atoms with Gasteiger partial charge in [-0.25, -0.2) is 4.39 Å². The Morgan fingerprint density at radius 1 is 0.817 bits per heavy atom. The number of rotatable bonds is 7. The van der Waals surface area contributed by atoms with Gasteiger partial charge in [-0.1, -0.05) is 36.4 Å². The molecule has 60 heavy (non-hydrogen) atoms. The number of aliphatic hydroxyl groups is 1. The molecule has 5 heterocycles. The number of para-hydroxylation sites is 1. The van der Waals surface area contributed by atoms with Crippen molar-refractivity contribution in [2.45, 2.75) is 69.9 Å². The number of piperidine rings is 2. The maximum atomic E-state index is 16.2. The number of hydrogen-bond donors (Lipinski definition) is 3. The molecule has 0 radical (unpaired) electrons. The van der Waals surface area contributed by atoms with E-state index in [2.05, 4.69) is 75.6 Å². The molecule has 11 nitrogen and oxygen atoms in total. The lowest BCUT2D eigenvalue weighted by molar-refractivity contribution is -0.132. The normalized spacial score (nSPS) is 21.2. The van der Waals surface area contributed by atoms with Crippen molar-refractivity contribution in [1.82, 2.24) is 15.5 Å². The van der Waals surface area contributed by atoms with E-state index in [9.17, 15) is 14.4 Å². The fraction of sp³-hybridized carbons (Fsp3) is 0.438. The van der Waals surface area contributed by atoms with Gasteiger partial charge in [0, 0.05) is 101 Å². The molecule has 318 valence electrons. The van der Waals surface area contributed by atoms with E-state index in [1.807, 2.05) is 42.5 Å². The van der Waals surface area contributed by atoms with Gasteiger partial charge in [-0.15, -0.1) is 0 Å². The third-order valence-corrected chi connectivity index (χ3v) is 12.6. The largest absolute Gasteiger partial charge is 0.497 e. The van der Waals surface area contributed by atoms with E-state index in [0.29, 0.717) is 37.4 Å². The van der Waals surface area contributed by atoms with E-state index in [-0.39, 0.29) is 35.4 Å². The molecular formula is C48H58FN5O6. The summed E-state index contributed by atoms with van der Waals surface area (Å²) in [6.07, 6.45) is 3.85. The minimum Gasteiger partial charge on any atom is -0.497 e. The average molecular weight is 820 g/mol. The second-order valence-electron chi connectivity index (χ2n) is 16.8. The van der Waals surface area contributed by atoms with Crippen LogP contribution in [-0.2, 0) is 16.1 Å². The van der Waals surface area contributed by atoms with Crippen LogP contribution >= 0.6 is 0 Å². The Hall–Kier alpha value is -5.46. The molecule has 2 unspecified atom stereocenters. The van der Waals surface area contributed by atoms with E-state index in [4.69, 9.17) is 14.6 Å². The van der Waals surface area contributed by atoms with Crippen molar-refractivity contribution in [3.63, 3.8) is 0 Å². The topological polar surface area (TPSA) is 124 Å². The number of methoxy groups -OCH3 is 1. The lowest BCUT2D eigenvalue weighted by Gasteiger charge is -2.46. The Labute approximate surface area is 352 Å². The molecule has 5 aliphatic heterocycles. The molecule has 0 bridgehead atoms. The van der Waals surface area contributed by atoms with Crippen LogP contribution in [0.4, 0.5) is 15.8 Å². The fourth-order valence-corrected chi connectivity index (χ4v) is 9.55. The summed E-state index contributed by atoms with van der Waals surface area (Å²) in [5.74, 6) is 1.74. The first-order valence-corrected chi connectivity index (χ1v) is 21.2. The van der Waals surface area contributed by atoms with Gasteiger partial charge in [0.05, 0.1) is 12.8 Å². The van der Waals surface area contributed by atoms with Crippen molar-refractivity contribution in [2.75, 3.05) is 69.8 Å². The molecule has 0 saturated carbocycles. The van der Waals surface area contributed by atoms with Gasteiger partial charge in [-0.2, -0.15) is 0 Å². The van der Waals surface area contributed by atoms with E-state index in [0.717, 1.165) is 105 Å². The number of carbonyl (C=O) groups excluding carboxylic acids is 3. The van der Waals surface area contributed by atoms with Crippen LogP contribution in [0.2, 0.25) is 0 Å². The quantitative estimate of drug-likeness (QED) is 0.177. The van der Waals surface area contributed by atoms with Crippen molar-refractivity contribution in [3.8, 4) is 11.5 Å². The molecule has 3 amide bonds. The molecular weight excluding hydrogens is 762 g/mol. The summed E-state index contributed by atoms with van der Waals surface area (Å²) in [4.78, 5) is 39.9. The maximum absolute atomic E-state index is 16.2. The number of fused-ring (bicyclic) bond motifs is 2. The lowest BCUT2D eigenvalue weighted by atomic mass is 9.68. The number of imide groups is 1. The lowest BCUT2D eigenvalue weighted by Crippen LogP contribution is -2.49. The Bertz CT molecular complexity index is 2150. The second kappa shape index (κ2) is 18.9. The number of ether oxygens (including phenoxy) is 2. The predicted octanol–water partition coefficient (Wildman–Crippen LogP) is 6.62. The number of piperazine rings is 1. The van der Waals surface area contributed by atoms with Crippen LogP contribution in [0.1, 0.15) is 90.4 Å². The zero-order valence-electron chi connectivity index (χ0n) is 35.2. The molecule has 0 spiro atoms. The highest BCUT2D eigenvalue weighted by Gasteiger charge is 2.45. The SMILES string of the molecule is CO.COc1cccc(C2C(c3ccc(N4CCC(CN5CCN(c6ccc7c(c6)CNC7=O)CC5)CC4)c(F)c3)c3ccccc3OC2(C)C)c1.O=C1CCCC(=O)N1. The Morgan fingerprint density at radius 2 is 1.55 bits per heavy atom. The van der Waals surface area contributed by atoms with E-state index in [1.54, 1.807) is 13.2 Å². The number of halogens is 1. The molecule has 9 rings (SSSR count). The summed E-state index contributed by atoms with van der Waals surface area (Å²) < 4.78 is 28.4. The summed E-state index contributed by atoms with van der Waals surface area (Å²) in [6.45, 7) is 11.8. The minimum atomic E-state index is -0.532. The zero-order valence-corrected chi connectivity index (χ0v) is 35.2. The molecule has 5 aliphatic rings. The molecule has 12 heteroatoms. The Balaban J connectivity index is 0.000000484. The smallest absolute Gasteiger partial charge is 0.251 e. The summed E-state index contributed by atoms with van der Waals surface area (Å²) in [7, 11) is 2.69. The minimum absolute atomic E-state index is 0.0334. The maximum Gasteiger partial charge on any atom is 0.251 e. The Kier molecular flexibility index (Phi) is 13.4. The third-order valence-electron chi connectivity index (χ3n) is 12.6. The zero-order chi connectivity index (χ0) is 42.4. The van der Waals surface area contributed by atoms with Crippen LogP contribution in [0.15, 0.2) is 84.9 Å². The predicted molar refractivity (Wildman–Crippen MR) is 231 cm³/mol. The molecule has 3 N–H and O–H groups in total. The van der Waals surface area contributed by atoms with Crippen LogP contribution in [0, 0.1) is 11.7 Å². The third kappa shape index (κ3) is 9.45. The van der Waals surface area contributed by atoms with Gasteiger partial charge in [0.1, 0.15) is 22.9 Å². The van der Waals surface area contributed by atoms with Crippen molar-refractivity contribution in [3.05, 3.63) is 119 Å². The number of nitrogens with zero attached hydrogens (tertiary/aromatic N) is 3. The first kappa shape index (κ1) is 42.7. The van der Waals surface area contributed by atoms with E-state index in [1.165, 1.54) is 5.69 Å². The molecule has 4 aromatic rings. The summed E-state index contributed by atoms with van der Waals surface area (Å²) in [6, 6.07) is 28.5. The molecule has 3 saturated heterocycles. The van der Waals surface area contributed by atoms with Gasteiger partial charge in [-0.05, 0) is 104 Å². The van der Waals surface area contributed by atoms with Crippen molar-refractivity contribution in [1.29, 1.82) is 0 Å². The molecule has 4 aromatic carbocycles. The van der Waals surface area contributed by atoms with Crippen molar-refractivity contribution in [2.24, 2.45) is 5.92 Å². The van der Waals surface area contributed by atoms with Crippen LogP contribution < -0.4 is 29.9 Å². The summed E-state index contributed by atoms with van der Waals surface area (Å²) in [5.41, 5.74) is 6.43. The second-order valence-corrected chi connectivity index (χ2v) is 16.8. The van der Waals surface area contributed by atoms with Crippen LogP contribution in [-0.4, -0.2) is 93.4 Å². The molecule has 3 fully saturated rings. The van der Waals surface area contributed by atoms with Gasteiger partial charge in [0.25, 0.3) is 5.91 Å². The molecule has 0 aliphatic carbocycles. The van der Waals surface area contributed by atoms with Crippen molar-refractivity contribution < 1.29 is 33.4 Å². The summed E-state index contributed by atoms with van der Waals surface area (Å²) >= 11 is 0.